The second kappa shape index (κ2) is 6.45. The lowest BCUT2D eigenvalue weighted by molar-refractivity contribution is -0.132. The van der Waals surface area contributed by atoms with Crippen LogP contribution in [0.25, 0.3) is 10.9 Å². The smallest absolute Gasteiger partial charge is 0.254 e. The van der Waals surface area contributed by atoms with E-state index in [0.717, 1.165) is 54.4 Å². The Kier molecular flexibility index (Phi) is 4.25. The third kappa shape index (κ3) is 2.70. The number of piperidine rings is 1. The number of likely N-dealkylation sites (N-methyl/N-ethyl adjacent to an activating group) is 1. The third-order valence-electron chi connectivity index (χ3n) is 6.34. The van der Waals surface area contributed by atoms with Crippen LogP contribution in [-0.2, 0) is 4.79 Å². The number of nitrogens with one attached hydrogen (secondary N) is 1. The molecule has 0 radical (unpaired) electrons. The zero-order valence-corrected chi connectivity index (χ0v) is 15.8. The van der Waals surface area contributed by atoms with Crippen molar-refractivity contribution in [2.75, 3.05) is 13.6 Å². The summed E-state index contributed by atoms with van der Waals surface area (Å²) >= 11 is 0. The van der Waals surface area contributed by atoms with Gasteiger partial charge in [0.25, 0.3) is 5.91 Å². The number of aryl methyl sites for hydroxylation is 2. The molecule has 2 saturated heterocycles. The number of carbonyl (C=O) groups excluding carboxylic acids is 2. The van der Waals surface area contributed by atoms with Crippen molar-refractivity contribution >= 4 is 22.7 Å². The molecule has 5 heteroatoms. The van der Waals surface area contributed by atoms with Crippen molar-refractivity contribution in [3.05, 3.63) is 35.0 Å². The average Bonchev–Trinajstić information content (AvgIpc) is 2.84. The van der Waals surface area contributed by atoms with Gasteiger partial charge >= 0.3 is 0 Å². The Bertz CT molecular complexity index is 870. The third-order valence-corrected chi connectivity index (χ3v) is 6.34. The van der Waals surface area contributed by atoms with Gasteiger partial charge in [0.1, 0.15) is 0 Å². The largest absolute Gasteiger partial charge is 0.358 e. The first-order valence-corrected chi connectivity index (χ1v) is 9.63. The molecule has 4 rings (SSSR count). The topological polar surface area (TPSA) is 56.4 Å². The Morgan fingerprint density at radius 3 is 2.73 bits per heavy atom. The van der Waals surface area contributed by atoms with E-state index in [-0.39, 0.29) is 23.9 Å². The van der Waals surface area contributed by atoms with Crippen molar-refractivity contribution in [1.82, 2.24) is 14.8 Å². The summed E-state index contributed by atoms with van der Waals surface area (Å²) in [6.45, 7) is 4.93. The summed E-state index contributed by atoms with van der Waals surface area (Å²) in [4.78, 5) is 32.8. The van der Waals surface area contributed by atoms with Crippen LogP contribution in [0.4, 0.5) is 0 Å². The lowest BCUT2D eigenvalue weighted by atomic mass is 9.92. The molecule has 0 saturated carbocycles. The lowest BCUT2D eigenvalue weighted by Crippen LogP contribution is -2.56. The Morgan fingerprint density at radius 2 is 1.92 bits per heavy atom. The predicted molar refractivity (Wildman–Crippen MR) is 102 cm³/mol. The first-order chi connectivity index (χ1) is 12.5. The van der Waals surface area contributed by atoms with Crippen molar-refractivity contribution < 1.29 is 9.59 Å². The van der Waals surface area contributed by atoms with Gasteiger partial charge in [0, 0.05) is 42.2 Å². The molecule has 0 spiro atoms. The molecule has 138 valence electrons. The standard InChI is InChI=1S/C21H27N3O2/c1-13-14(2)22-17-10-9-15(12-16(13)17)21(26)24-11-5-7-18-19(24)6-4-8-20(25)23(18)3/h9-10,12,18-19,22H,4-8,11H2,1-3H3/t18-,19-/m1/s1. The van der Waals surface area contributed by atoms with E-state index in [9.17, 15) is 9.59 Å². The first-order valence-electron chi connectivity index (χ1n) is 9.63. The number of amides is 2. The van der Waals surface area contributed by atoms with Gasteiger partial charge < -0.3 is 14.8 Å². The molecular weight excluding hydrogens is 326 g/mol. The summed E-state index contributed by atoms with van der Waals surface area (Å²) in [6.07, 6.45) is 4.32. The number of benzene rings is 1. The zero-order valence-electron chi connectivity index (χ0n) is 15.8. The van der Waals surface area contributed by atoms with Crippen molar-refractivity contribution in [1.29, 1.82) is 0 Å². The predicted octanol–water partition coefficient (Wildman–Crippen LogP) is 3.40. The maximum Gasteiger partial charge on any atom is 0.254 e. The lowest BCUT2D eigenvalue weighted by Gasteiger charge is -2.43. The highest BCUT2D eigenvalue weighted by Gasteiger charge is 2.39. The minimum atomic E-state index is 0.0996. The van der Waals surface area contributed by atoms with Crippen LogP contribution in [0.3, 0.4) is 0 Å². The van der Waals surface area contributed by atoms with E-state index in [0.29, 0.717) is 6.42 Å². The van der Waals surface area contributed by atoms with Crippen LogP contribution in [0, 0.1) is 13.8 Å². The number of nitrogens with zero attached hydrogens (tertiary/aromatic N) is 2. The summed E-state index contributed by atoms with van der Waals surface area (Å²) in [7, 11) is 1.90. The van der Waals surface area contributed by atoms with Gasteiger partial charge in [-0.05, 0) is 63.3 Å². The Labute approximate surface area is 154 Å². The molecule has 26 heavy (non-hydrogen) atoms. The summed E-state index contributed by atoms with van der Waals surface area (Å²) < 4.78 is 0. The van der Waals surface area contributed by atoms with E-state index >= 15 is 0 Å². The second-order valence-electron chi connectivity index (χ2n) is 7.81. The van der Waals surface area contributed by atoms with Crippen LogP contribution in [0.1, 0.15) is 53.7 Å². The molecule has 2 aliphatic rings. The number of hydrogen-bond acceptors (Lipinski definition) is 2. The number of carbonyl (C=O) groups is 2. The fourth-order valence-corrected chi connectivity index (χ4v) is 4.67. The maximum absolute atomic E-state index is 13.3. The van der Waals surface area contributed by atoms with E-state index in [1.54, 1.807) is 0 Å². The number of likely N-dealkylation sites (tertiary alicyclic amines) is 2. The first kappa shape index (κ1) is 17.1. The number of aromatic nitrogens is 1. The highest BCUT2D eigenvalue weighted by molar-refractivity contribution is 5.99. The van der Waals surface area contributed by atoms with E-state index in [2.05, 4.69) is 18.8 Å². The quantitative estimate of drug-likeness (QED) is 0.854. The molecule has 1 aromatic heterocycles. The second-order valence-corrected chi connectivity index (χ2v) is 7.81. The van der Waals surface area contributed by atoms with Crippen LogP contribution in [0.15, 0.2) is 18.2 Å². The number of rotatable bonds is 1. The van der Waals surface area contributed by atoms with E-state index < -0.39 is 0 Å². The zero-order chi connectivity index (χ0) is 18.4. The average molecular weight is 353 g/mol. The minimum absolute atomic E-state index is 0.0996. The number of aromatic amines is 1. The van der Waals surface area contributed by atoms with Crippen LogP contribution in [0.2, 0.25) is 0 Å². The summed E-state index contributed by atoms with van der Waals surface area (Å²) in [5, 5.41) is 1.12. The SMILES string of the molecule is Cc1[nH]c2ccc(C(=O)N3CCC[C@@H]4[C@H]3CCCC(=O)N4C)cc2c1C. The summed E-state index contributed by atoms with van der Waals surface area (Å²) in [5.74, 6) is 0.314. The molecule has 2 aliphatic heterocycles. The molecule has 2 fully saturated rings. The van der Waals surface area contributed by atoms with Crippen LogP contribution < -0.4 is 0 Å². The van der Waals surface area contributed by atoms with Gasteiger partial charge in [0.15, 0.2) is 0 Å². The Morgan fingerprint density at radius 1 is 1.15 bits per heavy atom. The summed E-state index contributed by atoms with van der Waals surface area (Å²) in [5.41, 5.74) is 4.17. The minimum Gasteiger partial charge on any atom is -0.358 e. The number of H-pyrrole nitrogens is 1. The number of fused-ring (bicyclic) bond motifs is 2. The van der Waals surface area contributed by atoms with Crippen molar-refractivity contribution in [3.63, 3.8) is 0 Å². The van der Waals surface area contributed by atoms with Crippen molar-refractivity contribution in [2.24, 2.45) is 0 Å². The van der Waals surface area contributed by atoms with Gasteiger partial charge in [0.2, 0.25) is 5.91 Å². The normalized spacial score (nSPS) is 23.9. The molecular formula is C21H27N3O2. The monoisotopic (exact) mass is 353 g/mol. The molecule has 2 amide bonds. The molecule has 2 atom stereocenters. The molecule has 1 N–H and O–H groups in total. The molecule has 5 nitrogen and oxygen atoms in total. The van der Waals surface area contributed by atoms with Gasteiger partial charge in [0.05, 0.1) is 12.1 Å². The number of hydrogen-bond donors (Lipinski definition) is 1. The van der Waals surface area contributed by atoms with E-state index in [1.807, 2.05) is 35.0 Å². The highest BCUT2D eigenvalue weighted by Crippen LogP contribution is 2.31. The Balaban J connectivity index is 1.66. The van der Waals surface area contributed by atoms with Crippen LogP contribution >= 0.6 is 0 Å². The van der Waals surface area contributed by atoms with E-state index in [4.69, 9.17) is 0 Å². The van der Waals surface area contributed by atoms with Gasteiger partial charge in [-0.15, -0.1) is 0 Å². The Hall–Kier alpha value is -2.30. The molecule has 0 unspecified atom stereocenters. The molecule has 3 heterocycles. The van der Waals surface area contributed by atoms with E-state index in [1.165, 1.54) is 5.56 Å². The molecule has 2 aromatic rings. The van der Waals surface area contributed by atoms with Crippen molar-refractivity contribution in [2.45, 2.75) is 58.0 Å². The molecule has 0 aliphatic carbocycles. The van der Waals surface area contributed by atoms with Gasteiger partial charge in [-0.25, -0.2) is 0 Å². The van der Waals surface area contributed by atoms with Gasteiger partial charge in [-0.2, -0.15) is 0 Å². The fourth-order valence-electron chi connectivity index (χ4n) is 4.67. The van der Waals surface area contributed by atoms with Gasteiger partial charge in [-0.3, -0.25) is 9.59 Å². The summed E-state index contributed by atoms with van der Waals surface area (Å²) in [6, 6.07) is 6.24. The fraction of sp³-hybridized carbons (Fsp3) is 0.524. The highest BCUT2D eigenvalue weighted by atomic mass is 16.2. The van der Waals surface area contributed by atoms with Gasteiger partial charge in [-0.1, -0.05) is 0 Å². The molecule has 1 aromatic carbocycles. The van der Waals surface area contributed by atoms with Crippen LogP contribution in [-0.4, -0.2) is 52.3 Å². The molecule has 0 bridgehead atoms. The maximum atomic E-state index is 13.3. The van der Waals surface area contributed by atoms with Crippen molar-refractivity contribution in [3.8, 4) is 0 Å². The van der Waals surface area contributed by atoms with Crippen LogP contribution in [0.5, 0.6) is 0 Å².